The molecule has 136 valence electrons. The predicted octanol–water partition coefficient (Wildman–Crippen LogP) is 3.62. The largest absolute Gasteiger partial charge is 0.496 e. The molecule has 0 aliphatic carbocycles. The number of amides is 2. The first-order valence-electron chi connectivity index (χ1n) is 8.85. The van der Waals surface area contributed by atoms with Crippen LogP contribution in [0.25, 0.3) is 0 Å². The SMILES string of the molecule is COc1ccc(C)cc1[C@@H](C)NC(=O)c1cccc(N2CCCC2=O)c1. The molecule has 1 heterocycles. The highest BCUT2D eigenvalue weighted by molar-refractivity contribution is 5.99. The van der Waals surface area contributed by atoms with E-state index < -0.39 is 0 Å². The molecule has 0 aromatic heterocycles. The maximum absolute atomic E-state index is 12.7. The van der Waals surface area contributed by atoms with Crippen molar-refractivity contribution in [2.75, 3.05) is 18.6 Å². The summed E-state index contributed by atoms with van der Waals surface area (Å²) in [5.41, 5.74) is 3.37. The van der Waals surface area contributed by atoms with Crippen LogP contribution in [0.3, 0.4) is 0 Å². The second-order valence-corrected chi connectivity index (χ2v) is 6.64. The maximum Gasteiger partial charge on any atom is 0.251 e. The summed E-state index contributed by atoms with van der Waals surface area (Å²) in [6.07, 6.45) is 1.43. The van der Waals surface area contributed by atoms with E-state index in [4.69, 9.17) is 4.74 Å². The first kappa shape index (κ1) is 18.0. The third-order valence-corrected chi connectivity index (χ3v) is 4.69. The minimum absolute atomic E-state index is 0.112. The molecule has 1 fully saturated rings. The average molecular weight is 352 g/mol. The zero-order chi connectivity index (χ0) is 18.7. The van der Waals surface area contributed by atoms with Crippen LogP contribution in [0.5, 0.6) is 5.75 Å². The van der Waals surface area contributed by atoms with Crippen molar-refractivity contribution >= 4 is 17.5 Å². The Balaban J connectivity index is 1.78. The molecule has 1 saturated heterocycles. The fourth-order valence-corrected chi connectivity index (χ4v) is 3.29. The third kappa shape index (κ3) is 3.72. The first-order chi connectivity index (χ1) is 12.5. The van der Waals surface area contributed by atoms with Crippen LogP contribution in [-0.2, 0) is 4.79 Å². The Morgan fingerprint density at radius 2 is 2.04 bits per heavy atom. The number of ether oxygens (including phenoxy) is 1. The van der Waals surface area contributed by atoms with Gasteiger partial charge in [0.2, 0.25) is 5.91 Å². The Bertz CT molecular complexity index is 832. The van der Waals surface area contributed by atoms with Crippen molar-refractivity contribution < 1.29 is 14.3 Å². The van der Waals surface area contributed by atoms with Gasteiger partial charge in [0.05, 0.1) is 13.2 Å². The summed E-state index contributed by atoms with van der Waals surface area (Å²) in [5, 5.41) is 3.02. The van der Waals surface area contributed by atoms with Crippen LogP contribution in [0.15, 0.2) is 42.5 Å². The Morgan fingerprint density at radius 1 is 1.23 bits per heavy atom. The molecule has 5 nitrogen and oxygen atoms in total. The molecule has 1 atom stereocenters. The van der Waals surface area contributed by atoms with Gasteiger partial charge in [-0.2, -0.15) is 0 Å². The van der Waals surface area contributed by atoms with Crippen molar-refractivity contribution in [3.05, 3.63) is 59.2 Å². The lowest BCUT2D eigenvalue weighted by atomic mass is 10.0. The Hall–Kier alpha value is -2.82. The van der Waals surface area contributed by atoms with Gasteiger partial charge >= 0.3 is 0 Å². The smallest absolute Gasteiger partial charge is 0.251 e. The zero-order valence-corrected chi connectivity index (χ0v) is 15.4. The summed E-state index contributed by atoms with van der Waals surface area (Å²) in [7, 11) is 1.62. The second kappa shape index (κ2) is 7.60. The number of aryl methyl sites for hydroxylation is 1. The standard InChI is InChI=1S/C21H24N2O3/c1-14-9-10-19(26-3)18(12-14)15(2)22-21(25)16-6-4-7-17(13-16)23-11-5-8-20(23)24/h4,6-7,9-10,12-13,15H,5,8,11H2,1-3H3,(H,22,25)/t15-/m1/s1. The summed E-state index contributed by atoms with van der Waals surface area (Å²) < 4.78 is 5.41. The van der Waals surface area contributed by atoms with Gasteiger partial charge in [0.15, 0.2) is 0 Å². The summed E-state index contributed by atoms with van der Waals surface area (Å²) in [6, 6.07) is 12.9. The molecule has 1 N–H and O–H groups in total. The second-order valence-electron chi connectivity index (χ2n) is 6.64. The topological polar surface area (TPSA) is 58.6 Å². The lowest BCUT2D eigenvalue weighted by Crippen LogP contribution is -2.28. The number of nitrogens with one attached hydrogen (secondary N) is 1. The molecule has 0 unspecified atom stereocenters. The maximum atomic E-state index is 12.7. The highest BCUT2D eigenvalue weighted by Crippen LogP contribution is 2.27. The molecular weight excluding hydrogens is 328 g/mol. The van der Waals surface area contributed by atoms with Crippen molar-refractivity contribution in [2.45, 2.75) is 32.7 Å². The lowest BCUT2D eigenvalue weighted by Gasteiger charge is -2.19. The van der Waals surface area contributed by atoms with Crippen LogP contribution in [0.4, 0.5) is 5.69 Å². The monoisotopic (exact) mass is 352 g/mol. The van der Waals surface area contributed by atoms with Crippen molar-refractivity contribution in [3.8, 4) is 5.75 Å². The molecule has 3 rings (SSSR count). The van der Waals surface area contributed by atoms with E-state index in [9.17, 15) is 9.59 Å². The van der Waals surface area contributed by atoms with E-state index in [-0.39, 0.29) is 17.9 Å². The van der Waals surface area contributed by atoms with E-state index in [2.05, 4.69) is 5.32 Å². The summed E-state index contributed by atoms with van der Waals surface area (Å²) in [5.74, 6) is 0.690. The summed E-state index contributed by atoms with van der Waals surface area (Å²) in [4.78, 5) is 26.4. The van der Waals surface area contributed by atoms with Gasteiger partial charge in [0.1, 0.15) is 5.75 Å². The Labute approximate surface area is 154 Å². The van der Waals surface area contributed by atoms with E-state index in [1.165, 1.54) is 0 Å². The number of hydrogen-bond acceptors (Lipinski definition) is 3. The summed E-state index contributed by atoms with van der Waals surface area (Å²) in [6.45, 7) is 4.65. The van der Waals surface area contributed by atoms with Gasteiger partial charge < -0.3 is 15.0 Å². The van der Waals surface area contributed by atoms with E-state index in [0.29, 0.717) is 18.5 Å². The quantitative estimate of drug-likeness (QED) is 0.894. The van der Waals surface area contributed by atoms with Crippen molar-refractivity contribution in [1.82, 2.24) is 5.32 Å². The van der Waals surface area contributed by atoms with E-state index in [1.54, 1.807) is 24.1 Å². The fraction of sp³-hybridized carbons (Fsp3) is 0.333. The molecule has 26 heavy (non-hydrogen) atoms. The molecule has 0 radical (unpaired) electrons. The van der Waals surface area contributed by atoms with E-state index in [1.807, 2.05) is 44.2 Å². The summed E-state index contributed by atoms with van der Waals surface area (Å²) >= 11 is 0. The van der Waals surface area contributed by atoms with Crippen LogP contribution < -0.4 is 15.0 Å². The van der Waals surface area contributed by atoms with Gasteiger partial charge in [0, 0.05) is 29.8 Å². The predicted molar refractivity (Wildman–Crippen MR) is 102 cm³/mol. The van der Waals surface area contributed by atoms with Gasteiger partial charge in [-0.15, -0.1) is 0 Å². The van der Waals surface area contributed by atoms with Crippen molar-refractivity contribution in [1.29, 1.82) is 0 Å². The van der Waals surface area contributed by atoms with Crippen LogP contribution in [0.2, 0.25) is 0 Å². The third-order valence-electron chi connectivity index (χ3n) is 4.69. The first-order valence-corrected chi connectivity index (χ1v) is 8.85. The lowest BCUT2D eigenvalue weighted by molar-refractivity contribution is -0.117. The number of methoxy groups -OCH3 is 1. The molecule has 0 bridgehead atoms. The Morgan fingerprint density at radius 3 is 2.73 bits per heavy atom. The normalized spacial score (nSPS) is 15.0. The number of carbonyl (C=O) groups excluding carboxylic acids is 2. The molecule has 2 aromatic carbocycles. The molecule has 1 aliphatic rings. The van der Waals surface area contributed by atoms with Crippen LogP contribution in [0, 0.1) is 6.92 Å². The molecule has 5 heteroatoms. The zero-order valence-electron chi connectivity index (χ0n) is 15.4. The van der Waals surface area contributed by atoms with Crippen LogP contribution in [-0.4, -0.2) is 25.5 Å². The van der Waals surface area contributed by atoms with Crippen LogP contribution in [0.1, 0.15) is 47.3 Å². The van der Waals surface area contributed by atoms with Gasteiger partial charge in [-0.3, -0.25) is 9.59 Å². The number of carbonyl (C=O) groups is 2. The van der Waals surface area contributed by atoms with Gasteiger partial charge in [-0.05, 0) is 44.5 Å². The molecule has 1 aliphatic heterocycles. The molecule has 0 spiro atoms. The van der Waals surface area contributed by atoms with Crippen molar-refractivity contribution in [3.63, 3.8) is 0 Å². The minimum atomic E-state index is -0.200. The number of hydrogen-bond donors (Lipinski definition) is 1. The molecular formula is C21H24N2O3. The number of benzene rings is 2. The van der Waals surface area contributed by atoms with Crippen LogP contribution >= 0.6 is 0 Å². The Kier molecular flexibility index (Phi) is 5.26. The fourth-order valence-electron chi connectivity index (χ4n) is 3.29. The highest BCUT2D eigenvalue weighted by Gasteiger charge is 2.22. The average Bonchev–Trinajstić information content (AvgIpc) is 3.07. The minimum Gasteiger partial charge on any atom is -0.496 e. The van der Waals surface area contributed by atoms with Gasteiger partial charge in [0.25, 0.3) is 5.91 Å². The number of rotatable bonds is 5. The van der Waals surface area contributed by atoms with Gasteiger partial charge in [-0.1, -0.05) is 23.8 Å². The molecule has 0 saturated carbocycles. The van der Waals surface area contributed by atoms with Crippen molar-refractivity contribution in [2.24, 2.45) is 0 Å². The van der Waals surface area contributed by atoms with E-state index >= 15 is 0 Å². The highest BCUT2D eigenvalue weighted by atomic mass is 16.5. The number of anilines is 1. The van der Waals surface area contributed by atoms with E-state index in [0.717, 1.165) is 29.0 Å². The number of nitrogens with zero attached hydrogens (tertiary/aromatic N) is 1. The van der Waals surface area contributed by atoms with Gasteiger partial charge in [-0.25, -0.2) is 0 Å². The molecule has 2 amide bonds. The molecule has 2 aromatic rings.